The molecule has 0 heterocycles. The van der Waals surface area contributed by atoms with E-state index >= 15 is 0 Å². The van der Waals surface area contributed by atoms with E-state index in [4.69, 9.17) is 29.6 Å². The lowest BCUT2D eigenvalue weighted by atomic mass is 9.93. The first kappa shape index (κ1) is 14.9. The minimum atomic E-state index is -0.489. The molecule has 0 spiro atoms. The molecule has 6 heteroatoms. The van der Waals surface area contributed by atoms with Gasteiger partial charge in [0, 0.05) is 12.0 Å². The molecule has 0 unspecified atom stereocenters. The van der Waals surface area contributed by atoms with Gasteiger partial charge in [0.15, 0.2) is 0 Å². The van der Waals surface area contributed by atoms with Crippen molar-refractivity contribution in [1.29, 1.82) is 0 Å². The second kappa shape index (κ2) is 5.63. The number of amides is 1. The average molecular weight is 289 g/mol. The van der Waals surface area contributed by atoms with Gasteiger partial charge in [-0.05, 0) is 18.2 Å². The highest BCUT2D eigenvalue weighted by Gasteiger charge is 2.22. The summed E-state index contributed by atoms with van der Waals surface area (Å²) in [5.74, 6) is -0.871. The summed E-state index contributed by atoms with van der Waals surface area (Å²) in [5, 5.41) is 2.74. The number of carbonyl (C=O) groups excluding carboxylic acids is 1. The number of hydrogen-bond acceptors (Lipinski definition) is 2. The number of halogens is 2. The molecule has 0 bridgehead atoms. The molecule has 98 valence electrons. The average Bonchev–Trinajstić information content (AvgIpc) is 2.25. The van der Waals surface area contributed by atoms with Crippen LogP contribution in [-0.2, 0) is 0 Å². The Kier molecular flexibility index (Phi) is 4.65. The van der Waals surface area contributed by atoms with Crippen LogP contribution >= 0.6 is 23.8 Å². The van der Waals surface area contributed by atoms with Crippen molar-refractivity contribution in [1.82, 2.24) is 5.32 Å². The third-order valence-corrected chi connectivity index (χ3v) is 3.40. The predicted molar refractivity (Wildman–Crippen MR) is 74.3 cm³/mol. The summed E-state index contributed by atoms with van der Waals surface area (Å²) in [4.78, 5) is 12.2. The van der Waals surface area contributed by atoms with E-state index in [0.29, 0.717) is 4.99 Å². The van der Waals surface area contributed by atoms with Gasteiger partial charge in [-0.1, -0.05) is 37.7 Å². The molecule has 0 aliphatic carbocycles. The third-order valence-electron chi connectivity index (χ3n) is 2.53. The Hall–Kier alpha value is -1.20. The summed E-state index contributed by atoms with van der Waals surface area (Å²) >= 11 is 10.7. The normalized spacial score (nSPS) is 11.1. The Morgan fingerprint density at radius 3 is 2.67 bits per heavy atom. The highest BCUT2D eigenvalue weighted by molar-refractivity contribution is 7.80. The summed E-state index contributed by atoms with van der Waals surface area (Å²) in [6.07, 6.45) is 0. The van der Waals surface area contributed by atoms with Gasteiger partial charge in [-0.25, -0.2) is 4.39 Å². The van der Waals surface area contributed by atoms with Crippen molar-refractivity contribution >= 4 is 34.7 Å². The lowest BCUT2D eigenvalue weighted by Gasteiger charge is -2.23. The second-order valence-electron chi connectivity index (χ2n) is 4.55. The second-order valence-corrected chi connectivity index (χ2v) is 5.40. The largest absolute Gasteiger partial charge is 0.393 e. The molecule has 1 rings (SSSR count). The molecule has 1 aromatic rings. The Balaban J connectivity index is 2.75. The minimum absolute atomic E-state index is 0.0700. The van der Waals surface area contributed by atoms with Gasteiger partial charge in [0.1, 0.15) is 5.82 Å². The van der Waals surface area contributed by atoms with Gasteiger partial charge in [0.25, 0.3) is 5.91 Å². The Morgan fingerprint density at radius 1 is 1.56 bits per heavy atom. The zero-order chi connectivity index (χ0) is 13.9. The van der Waals surface area contributed by atoms with Crippen LogP contribution in [-0.4, -0.2) is 17.4 Å². The fourth-order valence-corrected chi connectivity index (χ4v) is 1.48. The molecule has 0 saturated heterocycles. The molecule has 18 heavy (non-hydrogen) atoms. The van der Waals surface area contributed by atoms with E-state index in [0.717, 1.165) is 6.07 Å². The monoisotopic (exact) mass is 288 g/mol. The summed E-state index contributed by atoms with van der Waals surface area (Å²) in [6.45, 7) is 3.93. The van der Waals surface area contributed by atoms with Crippen molar-refractivity contribution in [2.45, 2.75) is 13.8 Å². The molecule has 0 radical (unpaired) electrons. The highest BCUT2D eigenvalue weighted by Crippen LogP contribution is 2.18. The van der Waals surface area contributed by atoms with E-state index < -0.39 is 11.2 Å². The van der Waals surface area contributed by atoms with Gasteiger partial charge in [0.2, 0.25) is 0 Å². The van der Waals surface area contributed by atoms with Crippen LogP contribution in [0.4, 0.5) is 4.39 Å². The number of carbonyl (C=O) groups is 1. The van der Waals surface area contributed by atoms with Gasteiger partial charge in [-0.2, -0.15) is 0 Å². The smallest absolute Gasteiger partial charge is 0.252 e. The SMILES string of the molecule is CC(C)(CNC(=O)c1ccc(F)cc1Cl)C(N)=S. The number of nitrogens with one attached hydrogen (secondary N) is 1. The van der Waals surface area contributed by atoms with Crippen molar-refractivity contribution in [2.24, 2.45) is 11.1 Å². The molecule has 0 aliphatic rings. The van der Waals surface area contributed by atoms with Crippen LogP contribution in [0.1, 0.15) is 24.2 Å². The van der Waals surface area contributed by atoms with Crippen molar-refractivity contribution in [2.75, 3.05) is 6.54 Å². The number of rotatable bonds is 4. The van der Waals surface area contributed by atoms with E-state index in [-0.39, 0.29) is 23.0 Å². The van der Waals surface area contributed by atoms with E-state index in [1.54, 1.807) is 0 Å². The fraction of sp³-hybridized carbons (Fsp3) is 0.333. The molecule has 0 fully saturated rings. The zero-order valence-electron chi connectivity index (χ0n) is 10.1. The first-order chi connectivity index (χ1) is 8.24. The van der Waals surface area contributed by atoms with E-state index in [1.807, 2.05) is 13.8 Å². The van der Waals surface area contributed by atoms with E-state index in [9.17, 15) is 9.18 Å². The van der Waals surface area contributed by atoms with Gasteiger partial charge in [0.05, 0.1) is 15.6 Å². The van der Waals surface area contributed by atoms with Crippen LogP contribution in [0, 0.1) is 11.2 Å². The third kappa shape index (κ3) is 3.65. The van der Waals surface area contributed by atoms with Crippen LogP contribution in [0.25, 0.3) is 0 Å². The molecular formula is C12H14ClFN2OS. The fourth-order valence-electron chi connectivity index (χ4n) is 1.16. The molecule has 1 aromatic carbocycles. The van der Waals surface area contributed by atoms with Gasteiger partial charge in [-0.3, -0.25) is 4.79 Å². The molecule has 3 N–H and O–H groups in total. The summed E-state index contributed by atoms with van der Waals surface area (Å²) in [5.41, 5.74) is 5.28. The van der Waals surface area contributed by atoms with Crippen molar-refractivity contribution in [3.8, 4) is 0 Å². The maximum absolute atomic E-state index is 12.8. The number of thiocarbonyl (C=S) groups is 1. The summed E-state index contributed by atoms with van der Waals surface area (Å²) in [6, 6.07) is 3.61. The molecule has 3 nitrogen and oxygen atoms in total. The van der Waals surface area contributed by atoms with Crippen molar-refractivity contribution in [3.05, 3.63) is 34.6 Å². The van der Waals surface area contributed by atoms with Crippen molar-refractivity contribution in [3.63, 3.8) is 0 Å². The maximum Gasteiger partial charge on any atom is 0.252 e. The lowest BCUT2D eigenvalue weighted by molar-refractivity contribution is 0.0945. The number of benzene rings is 1. The van der Waals surface area contributed by atoms with Gasteiger partial charge >= 0.3 is 0 Å². The molecule has 0 saturated carbocycles. The summed E-state index contributed by atoms with van der Waals surface area (Å²) in [7, 11) is 0. The highest BCUT2D eigenvalue weighted by atomic mass is 35.5. The van der Waals surface area contributed by atoms with Gasteiger partial charge in [-0.15, -0.1) is 0 Å². The predicted octanol–water partition coefficient (Wildman–Crippen LogP) is 2.52. The molecule has 0 atom stereocenters. The van der Waals surface area contributed by atoms with E-state index in [2.05, 4.69) is 5.32 Å². The molecular weight excluding hydrogens is 275 g/mol. The first-order valence-corrected chi connectivity index (χ1v) is 6.06. The van der Waals surface area contributed by atoms with Gasteiger partial charge < -0.3 is 11.1 Å². The Bertz CT molecular complexity index is 491. The Morgan fingerprint density at radius 2 is 2.17 bits per heavy atom. The standard InChI is InChI=1S/C12H14ClFN2OS/c1-12(2,11(15)18)6-16-10(17)8-4-3-7(14)5-9(8)13/h3-5H,6H2,1-2H3,(H2,15,18)(H,16,17). The van der Waals surface area contributed by atoms with Crippen molar-refractivity contribution < 1.29 is 9.18 Å². The van der Waals surface area contributed by atoms with E-state index in [1.165, 1.54) is 12.1 Å². The number of nitrogens with two attached hydrogens (primary N) is 1. The van der Waals surface area contributed by atoms with Crippen LogP contribution in [0.5, 0.6) is 0 Å². The first-order valence-electron chi connectivity index (χ1n) is 5.27. The lowest BCUT2D eigenvalue weighted by Crippen LogP contribution is -2.41. The number of hydrogen-bond donors (Lipinski definition) is 2. The minimum Gasteiger partial charge on any atom is -0.393 e. The van der Waals surface area contributed by atoms with Crippen LogP contribution in [0.15, 0.2) is 18.2 Å². The topological polar surface area (TPSA) is 55.1 Å². The summed E-state index contributed by atoms with van der Waals surface area (Å²) < 4.78 is 12.8. The maximum atomic E-state index is 12.8. The molecule has 0 aliphatic heterocycles. The quantitative estimate of drug-likeness (QED) is 0.837. The Labute approximate surface area is 115 Å². The van der Waals surface area contributed by atoms with Crippen LogP contribution < -0.4 is 11.1 Å². The molecule has 1 amide bonds. The zero-order valence-corrected chi connectivity index (χ0v) is 11.7. The molecule has 0 aromatic heterocycles. The van der Waals surface area contributed by atoms with Crippen LogP contribution in [0.3, 0.4) is 0 Å². The van der Waals surface area contributed by atoms with Crippen LogP contribution in [0.2, 0.25) is 5.02 Å².